The predicted octanol–water partition coefficient (Wildman–Crippen LogP) is 1.47. The zero-order valence-electron chi connectivity index (χ0n) is 11.0. The van der Waals surface area contributed by atoms with Crippen molar-refractivity contribution in [1.82, 2.24) is 10.2 Å². The fourth-order valence-electron chi connectivity index (χ4n) is 2.16. The molecule has 0 spiro atoms. The molecule has 1 N–H and O–H groups in total. The fraction of sp³-hybridized carbons (Fsp3) is 0.692. The highest BCUT2D eigenvalue weighted by Crippen LogP contribution is 2.13. The minimum absolute atomic E-state index is 0.0110. The molecule has 2 amide bonds. The summed E-state index contributed by atoms with van der Waals surface area (Å²) in [4.78, 5) is 24.8. The maximum Gasteiger partial charge on any atom is 0.249 e. The minimum Gasteiger partial charge on any atom is -0.353 e. The summed E-state index contributed by atoms with van der Waals surface area (Å²) in [5.41, 5.74) is 0.825. The number of carbonyl (C=O) groups is 2. The van der Waals surface area contributed by atoms with Crippen LogP contribution >= 0.6 is 0 Å². The summed E-state index contributed by atoms with van der Waals surface area (Å²) in [6, 6.07) is 0.229. The monoisotopic (exact) mass is 238 g/mol. The van der Waals surface area contributed by atoms with Gasteiger partial charge in [-0.2, -0.15) is 0 Å². The normalized spacial score (nSPS) is 18.1. The van der Waals surface area contributed by atoms with Gasteiger partial charge in [-0.25, -0.2) is 0 Å². The smallest absolute Gasteiger partial charge is 0.249 e. The van der Waals surface area contributed by atoms with Gasteiger partial charge in [0.15, 0.2) is 0 Å². The van der Waals surface area contributed by atoms with Crippen LogP contribution in [-0.2, 0) is 9.59 Å². The lowest BCUT2D eigenvalue weighted by molar-refractivity contribution is -0.128. The van der Waals surface area contributed by atoms with Gasteiger partial charge in [0.2, 0.25) is 11.8 Å². The van der Waals surface area contributed by atoms with Gasteiger partial charge >= 0.3 is 0 Å². The van der Waals surface area contributed by atoms with Crippen LogP contribution in [0.3, 0.4) is 0 Å². The van der Waals surface area contributed by atoms with Crippen molar-refractivity contribution in [1.29, 1.82) is 0 Å². The number of nitrogens with one attached hydrogen (secondary N) is 1. The van der Waals surface area contributed by atoms with Gasteiger partial charge in [0, 0.05) is 31.6 Å². The van der Waals surface area contributed by atoms with Gasteiger partial charge < -0.3 is 10.2 Å². The highest BCUT2D eigenvalue weighted by molar-refractivity contribution is 5.92. The second-order valence-electron chi connectivity index (χ2n) is 4.56. The summed E-state index contributed by atoms with van der Waals surface area (Å²) in [5.74, 6) is 0.143. The molecular formula is C13H22N2O2. The largest absolute Gasteiger partial charge is 0.353 e. The van der Waals surface area contributed by atoms with Crippen molar-refractivity contribution in [2.45, 2.75) is 46.1 Å². The summed E-state index contributed by atoms with van der Waals surface area (Å²) in [6.45, 7) is 6.90. The first kappa shape index (κ1) is 13.7. The molecule has 4 nitrogen and oxygen atoms in total. The van der Waals surface area contributed by atoms with E-state index >= 15 is 0 Å². The zero-order chi connectivity index (χ0) is 12.8. The van der Waals surface area contributed by atoms with E-state index in [9.17, 15) is 9.59 Å². The lowest BCUT2D eigenvalue weighted by Gasteiger charge is -2.32. The quantitative estimate of drug-likeness (QED) is 0.757. The Morgan fingerprint density at radius 1 is 1.29 bits per heavy atom. The third-order valence-corrected chi connectivity index (χ3v) is 3.04. The van der Waals surface area contributed by atoms with Crippen LogP contribution in [0.5, 0.6) is 0 Å². The molecule has 0 unspecified atom stereocenters. The van der Waals surface area contributed by atoms with Gasteiger partial charge in [0.1, 0.15) is 0 Å². The third-order valence-electron chi connectivity index (χ3n) is 3.04. The van der Waals surface area contributed by atoms with E-state index in [1.807, 2.05) is 24.8 Å². The molecule has 0 aromatic rings. The van der Waals surface area contributed by atoms with Gasteiger partial charge in [-0.05, 0) is 26.2 Å². The Morgan fingerprint density at radius 3 is 2.35 bits per heavy atom. The van der Waals surface area contributed by atoms with Crippen molar-refractivity contribution in [2.75, 3.05) is 13.1 Å². The standard InChI is InChI=1S/C13H22N2O2/c1-4-5-10(2)13(17)15-8-6-12(7-9-15)14-11(3)16/h5,12H,4,6-9H2,1-3H3,(H,14,16). The molecule has 0 radical (unpaired) electrons. The summed E-state index contributed by atoms with van der Waals surface area (Å²) in [6.07, 6.45) is 4.55. The number of hydrogen-bond donors (Lipinski definition) is 1. The van der Waals surface area contributed by atoms with E-state index in [-0.39, 0.29) is 17.9 Å². The van der Waals surface area contributed by atoms with Crippen LogP contribution in [0.4, 0.5) is 0 Å². The van der Waals surface area contributed by atoms with E-state index in [0.717, 1.165) is 37.9 Å². The molecule has 0 bridgehead atoms. The van der Waals surface area contributed by atoms with Crippen LogP contribution in [0.15, 0.2) is 11.6 Å². The molecule has 0 aromatic heterocycles. The summed E-state index contributed by atoms with van der Waals surface area (Å²) < 4.78 is 0. The number of allylic oxidation sites excluding steroid dienone is 1. The molecule has 1 aliphatic rings. The molecule has 96 valence electrons. The second-order valence-corrected chi connectivity index (χ2v) is 4.56. The molecule has 0 aromatic carbocycles. The molecular weight excluding hydrogens is 216 g/mol. The van der Waals surface area contributed by atoms with Crippen LogP contribution in [-0.4, -0.2) is 35.8 Å². The number of likely N-dealkylation sites (tertiary alicyclic amines) is 1. The number of amides is 2. The Balaban J connectivity index is 2.44. The minimum atomic E-state index is 0.0110. The number of rotatable bonds is 3. The maximum absolute atomic E-state index is 12.0. The molecule has 0 aliphatic carbocycles. The van der Waals surface area contributed by atoms with Crippen LogP contribution in [0.25, 0.3) is 0 Å². The van der Waals surface area contributed by atoms with Gasteiger partial charge in [-0.15, -0.1) is 0 Å². The Hall–Kier alpha value is -1.32. The first-order chi connectivity index (χ1) is 8.04. The number of hydrogen-bond acceptors (Lipinski definition) is 2. The lowest BCUT2D eigenvalue weighted by Crippen LogP contribution is -2.46. The summed E-state index contributed by atoms with van der Waals surface area (Å²) in [7, 11) is 0. The summed E-state index contributed by atoms with van der Waals surface area (Å²) in [5, 5.41) is 2.90. The fourth-order valence-corrected chi connectivity index (χ4v) is 2.16. The first-order valence-corrected chi connectivity index (χ1v) is 6.27. The average molecular weight is 238 g/mol. The van der Waals surface area contributed by atoms with E-state index < -0.39 is 0 Å². The van der Waals surface area contributed by atoms with Crippen molar-refractivity contribution in [2.24, 2.45) is 0 Å². The number of carbonyl (C=O) groups excluding carboxylic acids is 2. The molecule has 1 heterocycles. The summed E-state index contributed by atoms with van der Waals surface area (Å²) >= 11 is 0. The molecule has 0 atom stereocenters. The molecule has 1 aliphatic heterocycles. The van der Waals surface area contributed by atoms with Crippen molar-refractivity contribution in [3.63, 3.8) is 0 Å². The van der Waals surface area contributed by atoms with Crippen LogP contribution in [0.2, 0.25) is 0 Å². The number of piperidine rings is 1. The maximum atomic E-state index is 12.0. The number of nitrogens with zero attached hydrogens (tertiary/aromatic N) is 1. The zero-order valence-corrected chi connectivity index (χ0v) is 11.0. The van der Waals surface area contributed by atoms with E-state index in [1.54, 1.807) is 0 Å². The third kappa shape index (κ3) is 4.21. The average Bonchev–Trinajstić information content (AvgIpc) is 2.28. The van der Waals surface area contributed by atoms with Crippen LogP contribution in [0.1, 0.15) is 40.0 Å². The molecule has 1 fully saturated rings. The molecule has 0 saturated carbocycles. The van der Waals surface area contributed by atoms with Gasteiger partial charge in [-0.3, -0.25) is 9.59 Å². The van der Waals surface area contributed by atoms with Gasteiger partial charge in [-0.1, -0.05) is 13.0 Å². The van der Waals surface area contributed by atoms with Crippen LogP contribution in [0, 0.1) is 0 Å². The van der Waals surface area contributed by atoms with Crippen molar-refractivity contribution >= 4 is 11.8 Å². The van der Waals surface area contributed by atoms with E-state index in [4.69, 9.17) is 0 Å². The topological polar surface area (TPSA) is 49.4 Å². The van der Waals surface area contributed by atoms with Gasteiger partial charge in [0.05, 0.1) is 0 Å². The molecule has 17 heavy (non-hydrogen) atoms. The van der Waals surface area contributed by atoms with Gasteiger partial charge in [0.25, 0.3) is 0 Å². The Kier molecular flexibility index (Phi) is 5.19. The second kappa shape index (κ2) is 6.42. The molecule has 4 heteroatoms. The van der Waals surface area contributed by atoms with E-state index in [1.165, 1.54) is 6.92 Å². The lowest BCUT2D eigenvalue weighted by atomic mass is 10.0. The predicted molar refractivity (Wildman–Crippen MR) is 67.5 cm³/mol. The first-order valence-electron chi connectivity index (χ1n) is 6.27. The Labute approximate surface area is 103 Å². The highest BCUT2D eigenvalue weighted by Gasteiger charge is 2.23. The van der Waals surface area contributed by atoms with E-state index in [2.05, 4.69) is 5.32 Å². The van der Waals surface area contributed by atoms with Crippen molar-refractivity contribution < 1.29 is 9.59 Å². The SMILES string of the molecule is CCC=C(C)C(=O)N1CCC(NC(C)=O)CC1. The van der Waals surface area contributed by atoms with Crippen molar-refractivity contribution in [3.8, 4) is 0 Å². The van der Waals surface area contributed by atoms with E-state index in [0.29, 0.717) is 0 Å². The van der Waals surface area contributed by atoms with Crippen LogP contribution < -0.4 is 5.32 Å². The Morgan fingerprint density at radius 2 is 1.88 bits per heavy atom. The molecule has 1 rings (SSSR count). The Bertz CT molecular complexity index is 315. The van der Waals surface area contributed by atoms with Crippen molar-refractivity contribution in [3.05, 3.63) is 11.6 Å². The molecule has 1 saturated heterocycles. The highest BCUT2D eigenvalue weighted by atomic mass is 16.2.